The van der Waals surface area contributed by atoms with E-state index in [0.717, 1.165) is 4.57 Å². The number of halogens is 1. The number of rotatable bonds is 6. The highest BCUT2D eigenvalue weighted by Crippen LogP contribution is 2.20. The third-order valence-electron chi connectivity index (χ3n) is 4.55. The first kappa shape index (κ1) is 26.2. The van der Waals surface area contributed by atoms with Gasteiger partial charge in [0.2, 0.25) is 11.6 Å². The molecule has 0 saturated carbocycles. The number of amides is 2. The Kier molecular flexibility index (Phi) is 8.22. The van der Waals surface area contributed by atoms with Crippen molar-refractivity contribution in [2.45, 2.75) is 46.7 Å². The average Bonchev–Trinajstić information content (AvgIpc) is 3.24. The Bertz CT molecular complexity index is 1230. The molecular weight excluding hydrogens is 447 g/mol. The van der Waals surface area contributed by atoms with E-state index in [0.29, 0.717) is 5.56 Å². The maximum atomic E-state index is 13.0. The zero-order chi connectivity index (χ0) is 25.6. The quantitative estimate of drug-likeness (QED) is 0.490. The number of carbonyl (C=O) groups is 2. The van der Waals surface area contributed by atoms with Crippen molar-refractivity contribution < 1.29 is 23.5 Å². The second-order valence-electron chi connectivity index (χ2n) is 7.51. The molecule has 0 aliphatic heterocycles. The van der Waals surface area contributed by atoms with Crippen LogP contribution < -0.4 is 16.2 Å². The molecule has 0 spiro atoms. The van der Waals surface area contributed by atoms with Gasteiger partial charge in [-0.05, 0) is 31.5 Å². The first-order chi connectivity index (χ1) is 16.0. The van der Waals surface area contributed by atoms with Crippen molar-refractivity contribution in [2.24, 2.45) is 7.05 Å². The standard InChI is InChI=1S/C20H21FN6O5.C2H6/c1-10-25-26-17(32-10)16(30)24-20(2,3)19-23-13(14(28)18(31)27(19)4)15(29)22-9-11-5-7-12(21)8-6-11;1-2/h5-8,28H,9H2,1-4H3,(H,22,29)(H,24,30);1-2H3. The minimum atomic E-state index is -1.27. The highest BCUT2D eigenvalue weighted by molar-refractivity contribution is 5.94. The Morgan fingerprint density at radius 3 is 2.32 bits per heavy atom. The van der Waals surface area contributed by atoms with Crippen LogP contribution in [-0.4, -0.2) is 36.7 Å². The Balaban J connectivity index is 0.00000199. The number of hydrogen-bond acceptors (Lipinski definition) is 8. The molecule has 11 nitrogen and oxygen atoms in total. The lowest BCUT2D eigenvalue weighted by molar-refractivity contribution is 0.0869. The summed E-state index contributed by atoms with van der Waals surface area (Å²) in [7, 11) is 1.34. The number of aromatic nitrogens is 4. The lowest BCUT2D eigenvalue weighted by Crippen LogP contribution is -2.46. The van der Waals surface area contributed by atoms with Gasteiger partial charge in [-0.25, -0.2) is 9.37 Å². The van der Waals surface area contributed by atoms with Gasteiger partial charge in [0, 0.05) is 20.5 Å². The van der Waals surface area contributed by atoms with Crippen LogP contribution in [0.5, 0.6) is 5.75 Å². The fourth-order valence-corrected chi connectivity index (χ4v) is 2.96. The monoisotopic (exact) mass is 474 g/mol. The summed E-state index contributed by atoms with van der Waals surface area (Å²) < 4.78 is 19.1. The van der Waals surface area contributed by atoms with Crippen molar-refractivity contribution in [3.05, 3.63) is 69.3 Å². The molecule has 1 aromatic carbocycles. The molecule has 0 fully saturated rings. The lowest BCUT2D eigenvalue weighted by atomic mass is 10.0. The van der Waals surface area contributed by atoms with Crippen molar-refractivity contribution in [1.82, 2.24) is 30.4 Å². The zero-order valence-corrected chi connectivity index (χ0v) is 19.8. The molecule has 2 aromatic heterocycles. The van der Waals surface area contributed by atoms with Gasteiger partial charge >= 0.3 is 11.8 Å². The van der Waals surface area contributed by atoms with E-state index in [1.165, 1.54) is 38.2 Å². The third kappa shape index (κ3) is 5.82. The van der Waals surface area contributed by atoms with Crippen LogP contribution in [0.25, 0.3) is 0 Å². The van der Waals surface area contributed by atoms with E-state index in [2.05, 4.69) is 25.8 Å². The van der Waals surface area contributed by atoms with E-state index in [-0.39, 0.29) is 24.2 Å². The molecule has 3 aromatic rings. The fourth-order valence-electron chi connectivity index (χ4n) is 2.96. The third-order valence-corrected chi connectivity index (χ3v) is 4.55. The molecule has 2 heterocycles. The average molecular weight is 474 g/mol. The van der Waals surface area contributed by atoms with Crippen LogP contribution in [0.15, 0.2) is 33.5 Å². The molecule has 0 aliphatic rings. The van der Waals surface area contributed by atoms with Gasteiger partial charge in [0.25, 0.3) is 11.5 Å². The number of hydrogen-bond donors (Lipinski definition) is 3. The number of carbonyl (C=O) groups excluding carboxylic acids is 2. The molecule has 0 aliphatic carbocycles. The van der Waals surface area contributed by atoms with E-state index in [9.17, 15) is 23.9 Å². The summed E-state index contributed by atoms with van der Waals surface area (Å²) in [5.41, 5.74) is -2.06. The van der Waals surface area contributed by atoms with Crippen LogP contribution >= 0.6 is 0 Å². The molecule has 0 unspecified atom stereocenters. The number of aryl methyl sites for hydroxylation is 1. The Morgan fingerprint density at radius 2 is 1.76 bits per heavy atom. The van der Waals surface area contributed by atoms with Gasteiger partial charge < -0.3 is 20.2 Å². The molecule has 12 heteroatoms. The van der Waals surface area contributed by atoms with Crippen molar-refractivity contribution in [3.63, 3.8) is 0 Å². The zero-order valence-electron chi connectivity index (χ0n) is 19.8. The SMILES string of the molecule is CC.Cc1nnc(C(=O)NC(C)(C)c2nc(C(=O)NCc3ccc(F)cc3)c(O)c(=O)n2C)o1. The summed E-state index contributed by atoms with van der Waals surface area (Å²) >= 11 is 0. The summed E-state index contributed by atoms with van der Waals surface area (Å²) in [4.78, 5) is 41.7. The Morgan fingerprint density at radius 1 is 1.15 bits per heavy atom. The summed E-state index contributed by atoms with van der Waals surface area (Å²) in [6, 6.07) is 5.44. The lowest BCUT2D eigenvalue weighted by Gasteiger charge is -2.27. The summed E-state index contributed by atoms with van der Waals surface area (Å²) in [6.45, 7) is 8.64. The van der Waals surface area contributed by atoms with Gasteiger partial charge in [-0.3, -0.25) is 19.0 Å². The highest BCUT2D eigenvalue weighted by Gasteiger charge is 2.32. The normalized spacial score (nSPS) is 10.8. The van der Waals surface area contributed by atoms with E-state index >= 15 is 0 Å². The van der Waals surface area contributed by atoms with Crippen LogP contribution in [0.3, 0.4) is 0 Å². The second-order valence-corrected chi connectivity index (χ2v) is 7.51. The van der Waals surface area contributed by atoms with E-state index in [1.807, 2.05) is 13.8 Å². The molecule has 3 rings (SSSR count). The maximum absolute atomic E-state index is 13.0. The van der Waals surface area contributed by atoms with Gasteiger partial charge in [-0.2, -0.15) is 0 Å². The van der Waals surface area contributed by atoms with Crippen molar-refractivity contribution >= 4 is 11.8 Å². The van der Waals surface area contributed by atoms with Crippen LogP contribution in [0.4, 0.5) is 4.39 Å². The van der Waals surface area contributed by atoms with Crippen LogP contribution in [-0.2, 0) is 19.1 Å². The minimum absolute atomic E-state index is 0.00294. The number of nitrogens with one attached hydrogen (secondary N) is 2. The summed E-state index contributed by atoms with van der Waals surface area (Å²) in [5, 5.41) is 22.6. The molecule has 182 valence electrons. The van der Waals surface area contributed by atoms with Crippen molar-refractivity contribution in [3.8, 4) is 5.75 Å². The Labute approximate surface area is 195 Å². The smallest absolute Gasteiger partial charge is 0.309 e. The fraction of sp³-hybridized carbons (Fsp3) is 0.364. The maximum Gasteiger partial charge on any atom is 0.309 e. The van der Waals surface area contributed by atoms with E-state index < -0.39 is 40.2 Å². The predicted octanol–water partition coefficient (Wildman–Crippen LogP) is 1.94. The molecule has 2 amide bonds. The molecular formula is C22H27FN6O5. The topological polar surface area (TPSA) is 152 Å². The molecule has 34 heavy (non-hydrogen) atoms. The van der Waals surface area contributed by atoms with Gasteiger partial charge in [0.05, 0.1) is 5.54 Å². The number of nitrogens with zero attached hydrogens (tertiary/aromatic N) is 4. The Hall–Kier alpha value is -4.09. The van der Waals surface area contributed by atoms with Crippen molar-refractivity contribution in [1.29, 1.82) is 0 Å². The molecule has 0 saturated heterocycles. The molecule has 0 atom stereocenters. The minimum Gasteiger partial charge on any atom is -0.501 e. The number of aromatic hydroxyl groups is 1. The van der Waals surface area contributed by atoms with Gasteiger partial charge in [0.1, 0.15) is 11.6 Å². The van der Waals surface area contributed by atoms with Gasteiger partial charge in [-0.15, -0.1) is 10.2 Å². The highest BCUT2D eigenvalue weighted by atomic mass is 19.1. The van der Waals surface area contributed by atoms with Gasteiger partial charge in [-0.1, -0.05) is 26.0 Å². The molecule has 0 bridgehead atoms. The first-order valence-corrected chi connectivity index (χ1v) is 10.5. The van der Waals surface area contributed by atoms with E-state index in [1.54, 1.807) is 13.8 Å². The van der Waals surface area contributed by atoms with Crippen LogP contribution in [0.2, 0.25) is 0 Å². The van der Waals surface area contributed by atoms with Crippen LogP contribution in [0.1, 0.15) is 66.1 Å². The molecule has 0 radical (unpaired) electrons. The second kappa shape index (κ2) is 10.7. The number of benzene rings is 1. The van der Waals surface area contributed by atoms with Crippen molar-refractivity contribution in [2.75, 3.05) is 0 Å². The summed E-state index contributed by atoms with van der Waals surface area (Å²) in [6.07, 6.45) is 0. The summed E-state index contributed by atoms with van der Waals surface area (Å²) in [5.74, 6) is -2.88. The first-order valence-electron chi connectivity index (χ1n) is 10.5. The van der Waals surface area contributed by atoms with E-state index in [4.69, 9.17) is 4.42 Å². The largest absolute Gasteiger partial charge is 0.501 e. The van der Waals surface area contributed by atoms with Gasteiger partial charge in [0.15, 0.2) is 5.69 Å². The molecule has 3 N–H and O–H groups in total. The predicted molar refractivity (Wildman–Crippen MR) is 120 cm³/mol. The van der Waals surface area contributed by atoms with Crippen LogP contribution in [0, 0.1) is 12.7 Å².